The van der Waals surface area contributed by atoms with Crippen molar-refractivity contribution in [1.82, 2.24) is 0 Å². The molecule has 2 unspecified atom stereocenters. The smallest absolute Gasteiger partial charge is 0.0404 e. The standard InChI is InChI=1S/C14H22N2/c1-3-13(8-9-15)16-11(2)10-12-6-4-5-7-14(12)16/h4-7,11,13H,3,8-10,15H2,1-2H3. The summed E-state index contributed by atoms with van der Waals surface area (Å²) in [5, 5.41) is 0. The molecule has 1 heterocycles. The Bertz CT molecular complexity index is 348. The molecule has 2 atom stereocenters. The van der Waals surface area contributed by atoms with Crippen LogP contribution in [0.3, 0.4) is 0 Å². The van der Waals surface area contributed by atoms with Crippen molar-refractivity contribution in [2.24, 2.45) is 5.73 Å². The summed E-state index contributed by atoms with van der Waals surface area (Å²) in [7, 11) is 0. The second-order valence-corrected chi connectivity index (χ2v) is 4.73. The second kappa shape index (κ2) is 4.88. The van der Waals surface area contributed by atoms with Crippen LogP contribution in [0.2, 0.25) is 0 Å². The van der Waals surface area contributed by atoms with Gasteiger partial charge in [0.15, 0.2) is 0 Å². The van der Waals surface area contributed by atoms with E-state index in [0.717, 1.165) is 13.0 Å². The van der Waals surface area contributed by atoms with Crippen molar-refractivity contribution in [1.29, 1.82) is 0 Å². The average molecular weight is 218 g/mol. The highest BCUT2D eigenvalue weighted by Crippen LogP contribution is 2.34. The van der Waals surface area contributed by atoms with Gasteiger partial charge in [0.25, 0.3) is 0 Å². The monoisotopic (exact) mass is 218 g/mol. The summed E-state index contributed by atoms with van der Waals surface area (Å²) < 4.78 is 0. The van der Waals surface area contributed by atoms with Crippen molar-refractivity contribution in [3.05, 3.63) is 29.8 Å². The SMILES string of the molecule is CCC(CCN)N1c2ccccc2CC1C. The van der Waals surface area contributed by atoms with Crippen LogP contribution < -0.4 is 10.6 Å². The lowest BCUT2D eigenvalue weighted by Gasteiger charge is -2.33. The van der Waals surface area contributed by atoms with E-state index in [0.29, 0.717) is 12.1 Å². The molecule has 1 aliphatic heterocycles. The van der Waals surface area contributed by atoms with Crippen LogP contribution in [0.25, 0.3) is 0 Å². The Morgan fingerprint density at radius 1 is 1.44 bits per heavy atom. The van der Waals surface area contributed by atoms with Gasteiger partial charge in [0, 0.05) is 17.8 Å². The molecule has 2 nitrogen and oxygen atoms in total. The number of nitrogens with zero attached hydrogens (tertiary/aromatic N) is 1. The first-order valence-corrected chi connectivity index (χ1v) is 6.34. The largest absolute Gasteiger partial charge is 0.365 e. The van der Waals surface area contributed by atoms with E-state index in [1.807, 2.05) is 0 Å². The minimum absolute atomic E-state index is 0.601. The lowest BCUT2D eigenvalue weighted by Crippen LogP contribution is -2.40. The van der Waals surface area contributed by atoms with Crippen LogP contribution in [0, 0.1) is 0 Å². The fourth-order valence-corrected chi connectivity index (χ4v) is 2.88. The summed E-state index contributed by atoms with van der Waals surface area (Å²) >= 11 is 0. The van der Waals surface area contributed by atoms with Crippen LogP contribution in [0.4, 0.5) is 5.69 Å². The number of hydrogen-bond donors (Lipinski definition) is 1. The molecule has 1 aliphatic rings. The van der Waals surface area contributed by atoms with Gasteiger partial charge < -0.3 is 10.6 Å². The lowest BCUT2D eigenvalue weighted by atomic mass is 10.1. The third kappa shape index (κ3) is 1.94. The van der Waals surface area contributed by atoms with E-state index in [1.165, 1.54) is 24.1 Å². The zero-order valence-corrected chi connectivity index (χ0v) is 10.3. The molecule has 1 aromatic rings. The Kier molecular flexibility index (Phi) is 3.49. The third-order valence-corrected chi connectivity index (χ3v) is 3.62. The number of anilines is 1. The lowest BCUT2D eigenvalue weighted by molar-refractivity contribution is 0.505. The molecular weight excluding hydrogens is 196 g/mol. The summed E-state index contributed by atoms with van der Waals surface area (Å²) in [6, 6.07) is 9.99. The molecule has 0 aromatic heterocycles. The Labute approximate surface area is 98.4 Å². The van der Waals surface area contributed by atoms with Gasteiger partial charge in [-0.25, -0.2) is 0 Å². The highest BCUT2D eigenvalue weighted by molar-refractivity contribution is 5.59. The van der Waals surface area contributed by atoms with Gasteiger partial charge in [-0.05, 0) is 44.4 Å². The van der Waals surface area contributed by atoms with Gasteiger partial charge in [-0.2, -0.15) is 0 Å². The maximum atomic E-state index is 5.71. The van der Waals surface area contributed by atoms with Crippen LogP contribution in [-0.2, 0) is 6.42 Å². The van der Waals surface area contributed by atoms with E-state index in [4.69, 9.17) is 5.73 Å². The minimum Gasteiger partial charge on any atom is -0.365 e. The predicted molar refractivity (Wildman–Crippen MR) is 69.8 cm³/mol. The third-order valence-electron chi connectivity index (χ3n) is 3.62. The molecular formula is C14H22N2. The molecule has 16 heavy (non-hydrogen) atoms. The van der Waals surface area contributed by atoms with E-state index in [1.54, 1.807) is 0 Å². The molecule has 0 radical (unpaired) electrons. The first kappa shape index (κ1) is 11.5. The van der Waals surface area contributed by atoms with Crippen LogP contribution in [0.5, 0.6) is 0 Å². The number of hydrogen-bond acceptors (Lipinski definition) is 2. The van der Waals surface area contributed by atoms with Crippen molar-refractivity contribution >= 4 is 5.69 Å². The maximum absolute atomic E-state index is 5.71. The molecule has 2 heteroatoms. The van der Waals surface area contributed by atoms with E-state index in [9.17, 15) is 0 Å². The highest BCUT2D eigenvalue weighted by atomic mass is 15.2. The molecule has 0 fully saturated rings. The van der Waals surface area contributed by atoms with Gasteiger partial charge in [-0.15, -0.1) is 0 Å². The van der Waals surface area contributed by atoms with Gasteiger partial charge >= 0.3 is 0 Å². The van der Waals surface area contributed by atoms with Crippen molar-refractivity contribution < 1.29 is 0 Å². The van der Waals surface area contributed by atoms with Crippen molar-refractivity contribution in [2.45, 2.75) is 45.2 Å². The Morgan fingerprint density at radius 3 is 2.88 bits per heavy atom. The van der Waals surface area contributed by atoms with Crippen molar-refractivity contribution in [3.8, 4) is 0 Å². The van der Waals surface area contributed by atoms with Crippen LogP contribution >= 0.6 is 0 Å². The zero-order chi connectivity index (χ0) is 11.5. The Hall–Kier alpha value is -1.02. The molecule has 2 N–H and O–H groups in total. The van der Waals surface area contributed by atoms with Crippen LogP contribution in [-0.4, -0.2) is 18.6 Å². The minimum atomic E-state index is 0.601. The average Bonchev–Trinajstić information content (AvgIpc) is 2.62. The molecule has 2 rings (SSSR count). The van der Waals surface area contributed by atoms with Crippen LogP contribution in [0.15, 0.2) is 24.3 Å². The van der Waals surface area contributed by atoms with E-state index < -0.39 is 0 Å². The first-order valence-electron chi connectivity index (χ1n) is 6.34. The Balaban J connectivity index is 2.26. The topological polar surface area (TPSA) is 29.3 Å². The predicted octanol–water partition coefficient (Wildman–Crippen LogP) is 2.57. The summed E-state index contributed by atoms with van der Waals surface area (Å²) in [5.74, 6) is 0. The second-order valence-electron chi connectivity index (χ2n) is 4.73. The van der Waals surface area contributed by atoms with E-state index >= 15 is 0 Å². The highest BCUT2D eigenvalue weighted by Gasteiger charge is 2.29. The molecule has 0 bridgehead atoms. The normalized spacial score (nSPS) is 20.9. The fourth-order valence-electron chi connectivity index (χ4n) is 2.88. The van der Waals surface area contributed by atoms with Gasteiger partial charge in [0.2, 0.25) is 0 Å². The number of nitrogens with two attached hydrogens (primary N) is 1. The molecule has 0 amide bonds. The fraction of sp³-hybridized carbons (Fsp3) is 0.571. The Morgan fingerprint density at radius 2 is 2.19 bits per heavy atom. The van der Waals surface area contributed by atoms with E-state index in [2.05, 4.69) is 43.0 Å². The number of benzene rings is 1. The first-order chi connectivity index (χ1) is 7.77. The quantitative estimate of drug-likeness (QED) is 0.841. The summed E-state index contributed by atoms with van der Waals surface area (Å²) in [4.78, 5) is 2.57. The number of fused-ring (bicyclic) bond motifs is 1. The summed E-state index contributed by atoms with van der Waals surface area (Å²) in [5.41, 5.74) is 8.63. The van der Waals surface area contributed by atoms with E-state index in [-0.39, 0.29) is 0 Å². The maximum Gasteiger partial charge on any atom is 0.0404 e. The van der Waals surface area contributed by atoms with Gasteiger partial charge in [-0.3, -0.25) is 0 Å². The molecule has 0 saturated carbocycles. The summed E-state index contributed by atoms with van der Waals surface area (Å²) in [6.45, 7) is 5.36. The number of rotatable bonds is 4. The molecule has 0 spiro atoms. The molecule has 1 aromatic carbocycles. The van der Waals surface area contributed by atoms with Crippen molar-refractivity contribution in [2.75, 3.05) is 11.4 Å². The van der Waals surface area contributed by atoms with Gasteiger partial charge in [-0.1, -0.05) is 25.1 Å². The zero-order valence-electron chi connectivity index (χ0n) is 10.3. The van der Waals surface area contributed by atoms with Crippen LogP contribution in [0.1, 0.15) is 32.3 Å². The summed E-state index contributed by atoms with van der Waals surface area (Å²) in [6.07, 6.45) is 3.45. The molecule has 0 aliphatic carbocycles. The molecule has 88 valence electrons. The molecule has 0 saturated heterocycles. The van der Waals surface area contributed by atoms with Gasteiger partial charge in [0.05, 0.1) is 0 Å². The van der Waals surface area contributed by atoms with Gasteiger partial charge in [0.1, 0.15) is 0 Å². The number of para-hydroxylation sites is 1. The van der Waals surface area contributed by atoms with Crippen molar-refractivity contribution in [3.63, 3.8) is 0 Å².